The first-order valence-corrected chi connectivity index (χ1v) is 5.53. The second-order valence-corrected chi connectivity index (χ2v) is 5.38. The van der Waals surface area contributed by atoms with Gasteiger partial charge in [-0.1, -0.05) is 0 Å². The van der Waals surface area contributed by atoms with E-state index in [0.717, 1.165) is 0 Å². The molecule has 3 rings (SSSR count). The van der Waals surface area contributed by atoms with Gasteiger partial charge < -0.3 is 14.2 Å². The summed E-state index contributed by atoms with van der Waals surface area (Å²) in [6.07, 6.45) is 2.86. The molecule has 2 fully saturated rings. The van der Waals surface area contributed by atoms with Gasteiger partial charge in [-0.25, -0.2) is 0 Å². The van der Waals surface area contributed by atoms with Crippen molar-refractivity contribution in [3.63, 3.8) is 0 Å². The van der Waals surface area contributed by atoms with E-state index in [1.165, 1.54) is 3.58 Å². The molecule has 0 saturated carbocycles. The van der Waals surface area contributed by atoms with Crippen LogP contribution in [0.4, 0.5) is 0 Å². The van der Waals surface area contributed by atoms with E-state index in [0.29, 0.717) is 0 Å². The van der Waals surface area contributed by atoms with Crippen molar-refractivity contribution in [2.45, 2.75) is 44.1 Å². The van der Waals surface area contributed by atoms with Crippen LogP contribution in [0.25, 0.3) is 0 Å². The zero-order valence-corrected chi connectivity index (χ0v) is 9.65. The van der Waals surface area contributed by atoms with Crippen molar-refractivity contribution in [2.24, 2.45) is 0 Å². The highest BCUT2D eigenvalue weighted by atomic mass is 127. The quantitative estimate of drug-likeness (QED) is 0.502. The Morgan fingerprint density at radius 1 is 1.31 bits per heavy atom. The average Bonchev–Trinajstić information content (AvgIpc) is 2.68. The molecule has 4 atom stereocenters. The molecule has 0 aromatic carbocycles. The Morgan fingerprint density at radius 3 is 2.85 bits per heavy atom. The van der Waals surface area contributed by atoms with Crippen molar-refractivity contribution >= 4 is 22.6 Å². The molecule has 3 aliphatic rings. The molecule has 4 heteroatoms. The van der Waals surface area contributed by atoms with Crippen molar-refractivity contribution in [2.75, 3.05) is 0 Å². The summed E-state index contributed by atoms with van der Waals surface area (Å²) in [5, 5.41) is 0. The van der Waals surface area contributed by atoms with Crippen LogP contribution in [0, 0.1) is 0 Å². The minimum atomic E-state index is -0.458. The fourth-order valence-electron chi connectivity index (χ4n) is 2.03. The van der Waals surface area contributed by atoms with Gasteiger partial charge in [-0.05, 0) is 42.5 Å². The molecule has 0 bridgehead atoms. The van der Waals surface area contributed by atoms with Gasteiger partial charge in [0.05, 0.1) is 0 Å². The lowest BCUT2D eigenvalue weighted by Crippen LogP contribution is -2.32. The lowest BCUT2D eigenvalue weighted by atomic mass is 10.0. The molecule has 0 aromatic heterocycles. The molecule has 0 N–H and O–H groups in total. The lowest BCUT2D eigenvalue weighted by Gasteiger charge is -2.17. The number of halogens is 1. The first-order chi connectivity index (χ1) is 6.07. The Kier molecular flexibility index (Phi) is 1.65. The van der Waals surface area contributed by atoms with E-state index in [1.54, 1.807) is 0 Å². The van der Waals surface area contributed by atoms with Gasteiger partial charge in [-0.15, -0.1) is 0 Å². The van der Waals surface area contributed by atoms with E-state index >= 15 is 0 Å². The summed E-state index contributed by atoms with van der Waals surface area (Å²) in [6.45, 7) is 3.90. The van der Waals surface area contributed by atoms with Crippen LogP contribution in [0.2, 0.25) is 0 Å². The first kappa shape index (κ1) is 8.64. The molecule has 0 spiro atoms. The molecular formula is C9H11IO3. The standard InChI is InChI=1S/C9H11IO3/c1-9(2)12-6-4(10)3-5-7(11-5)8(6)13-9/h3,5-8H,1-2H3/t5-,6?,7-,8?/m1/s1. The van der Waals surface area contributed by atoms with E-state index in [-0.39, 0.29) is 24.4 Å². The maximum absolute atomic E-state index is 5.78. The second kappa shape index (κ2) is 2.48. The summed E-state index contributed by atoms with van der Waals surface area (Å²) < 4.78 is 18.3. The summed E-state index contributed by atoms with van der Waals surface area (Å²) >= 11 is 2.31. The number of fused-ring (bicyclic) bond motifs is 3. The molecule has 2 heterocycles. The van der Waals surface area contributed by atoms with Gasteiger partial charge in [0.15, 0.2) is 5.79 Å². The molecule has 3 nitrogen and oxygen atoms in total. The highest BCUT2D eigenvalue weighted by molar-refractivity contribution is 14.1. The minimum absolute atomic E-state index is 0.0966. The lowest BCUT2D eigenvalue weighted by molar-refractivity contribution is -0.144. The zero-order chi connectivity index (χ0) is 9.22. The summed E-state index contributed by atoms with van der Waals surface area (Å²) in [4.78, 5) is 0. The van der Waals surface area contributed by atoms with Crippen molar-refractivity contribution in [3.05, 3.63) is 9.66 Å². The van der Waals surface area contributed by atoms with E-state index in [1.807, 2.05) is 13.8 Å². The monoisotopic (exact) mass is 294 g/mol. The van der Waals surface area contributed by atoms with Crippen molar-refractivity contribution in [1.82, 2.24) is 0 Å². The van der Waals surface area contributed by atoms with Crippen molar-refractivity contribution in [3.8, 4) is 0 Å². The van der Waals surface area contributed by atoms with Crippen LogP contribution in [-0.4, -0.2) is 30.2 Å². The Labute approximate surface area is 90.6 Å². The molecule has 1 aliphatic carbocycles. The third-order valence-corrected chi connectivity index (χ3v) is 3.58. The van der Waals surface area contributed by atoms with Crippen LogP contribution in [-0.2, 0) is 14.2 Å². The molecule has 0 aromatic rings. The van der Waals surface area contributed by atoms with Crippen LogP contribution in [0.5, 0.6) is 0 Å². The van der Waals surface area contributed by atoms with E-state index in [4.69, 9.17) is 14.2 Å². The zero-order valence-electron chi connectivity index (χ0n) is 7.49. The predicted octanol–water partition coefficient (Wildman–Crippen LogP) is 1.61. The number of rotatable bonds is 0. The molecule has 72 valence electrons. The van der Waals surface area contributed by atoms with E-state index < -0.39 is 5.79 Å². The maximum Gasteiger partial charge on any atom is 0.164 e. The van der Waals surface area contributed by atoms with Gasteiger partial charge in [0.2, 0.25) is 0 Å². The number of ether oxygens (including phenoxy) is 3. The van der Waals surface area contributed by atoms with Gasteiger partial charge in [0.25, 0.3) is 0 Å². The normalized spacial score (nSPS) is 50.8. The molecule has 0 amide bonds. The first-order valence-electron chi connectivity index (χ1n) is 4.45. The SMILES string of the molecule is CC1(C)OC2C(I)=C[C@H]3O[C@H]3C2O1. The predicted molar refractivity (Wildman–Crippen MR) is 54.6 cm³/mol. The highest BCUT2D eigenvalue weighted by Gasteiger charge is 2.58. The summed E-state index contributed by atoms with van der Waals surface area (Å²) in [7, 11) is 0. The van der Waals surface area contributed by atoms with Gasteiger partial charge in [0, 0.05) is 3.58 Å². The summed E-state index contributed by atoms with van der Waals surface area (Å²) in [6, 6.07) is 0. The largest absolute Gasteiger partial charge is 0.362 e. The maximum atomic E-state index is 5.78. The van der Waals surface area contributed by atoms with Crippen LogP contribution in [0.3, 0.4) is 0 Å². The minimum Gasteiger partial charge on any atom is -0.362 e. The average molecular weight is 294 g/mol. The van der Waals surface area contributed by atoms with E-state index in [9.17, 15) is 0 Å². The fraction of sp³-hybridized carbons (Fsp3) is 0.778. The molecular weight excluding hydrogens is 283 g/mol. The van der Waals surface area contributed by atoms with Crippen LogP contribution in [0.1, 0.15) is 13.8 Å². The summed E-state index contributed by atoms with van der Waals surface area (Å²) in [5.41, 5.74) is 0. The summed E-state index contributed by atoms with van der Waals surface area (Å²) in [5.74, 6) is -0.458. The Bertz CT molecular complexity index is 287. The van der Waals surface area contributed by atoms with Gasteiger partial charge in [-0.2, -0.15) is 0 Å². The smallest absolute Gasteiger partial charge is 0.164 e. The van der Waals surface area contributed by atoms with Crippen molar-refractivity contribution in [1.29, 1.82) is 0 Å². The third-order valence-electron chi connectivity index (χ3n) is 2.61. The number of epoxide rings is 1. The molecule has 0 radical (unpaired) electrons. The van der Waals surface area contributed by atoms with Crippen LogP contribution >= 0.6 is 22.6 Å². The number of hydrogen-bond acceptors (Lipinski definition) is 3. The topological polar surface area (TPSA) is 31.0 Å². The van der Waals surface area contributed by atoms with Crippen molar-refractivity contribution < 1.29 is 14.2 Å². The van der Waals surface area contributed by atoms with Crippen LogP contribution in [0.15, 0.2) is 9.66 Å². The Morgan fingerprint density at radius 2 is 2.08 bits per heavy atom. The van der Waals surface area contributed by atoms with Gasteiger partial charge >= 0.3 is 0 Å². The molecule has 2 unspecified atom stereocenters. The van der Waals surface area contributed by atoms with Gasteiger partial charge in [0.1, 0.15) is 24.4 Å². The highest BCUT2D eigenvalue weighted by Crippen LogP contribution is 2.46. The molecule has 13 heavy (non-hydrogen) atoms. The van der Waals surface area contributed by atoms with Crippen LogP contribution < -0.4 is 0 Å². The third kappa shape index (κ3) is 1.26. The molecule has 2 aliphatic heterocycles. The Balaban J connectivity index is 1.93. The second-order valence-electron chi connectivity index (χ2n) is 4.14. The van der Waals surface area contributed by atoms with E-state index in [2.05, 4.69) is 28.7 Å². The molecule has 2 saturated heterocycles. The Hall–Kier alpha value is 0.350. The fourth-order valence-corrected chi connectivity index (χ4v) is 2.86. The number of hydrogen-bond donors (Lipinski definition) is 0. The van der Waals surface area contributed by atoms with Gasteiger partial charge in [-0.3, -0.25) is 0 Å².